The molecule has 1 N–H and O–H groups in total. The normalized spacial score (nSPS) is 10.4. The molecule has 1 rings (SSSR count). The number of hydrogen-bond acceptors (Lipinski definition) is 2. The molecule has 0 aromatic heterocycles. The van der Waals surface area contributed by atoms with Gasteiger partial charge in [0.05, 0.1) is 7.11 Å². The molecule has 0 saturated heterocycles. The van der Waals surface area contributed by atoms with Crippen LogP contribution in [0.15, 0.2) is 18.2 Å². The number of halogens is 2. The summed E-state index contributed by atoms with van der Waals surface area (Å²) in [5, 5.41) is 5.19. The van der Waals surface area contributed by atoms with Crippen LogP contribution in [0.4, 0.5) is 0 Å². The molecule has 0 amide bonds. The molecule has 16 heavy (non-hydrogen) atoms. The summed E-state index contributed by atoms with van der Waals surface area (Å²) in [5.41, 5.74) is 1.11. The highest BCUT2D eigenvalue weighted by Gasteiger charge is 2.02. The first-order valence-corrected chi connectivity index (χ1v) is 6.87. The summed E-state index contributed by atoms with van der Waals surface area (Å²) in [7, 11) is 1.68. The highest BCUT2D eigenvalue weighted by Crippen LogP contribution is 2.22. The Kier molecular flexibility index (Phi) is 6.85. The van der Waals surface area contributed by atoms with Crippen molar-refractivity contribution in [2.75, 3.05) is 19.0 Å². The third kappa shape index (κ3) is 4.73. The number of rotatable bonds is 7. The molecule has 0 saturated carbocycles. The summed E-state index contributed by atoms with van der Waals surface area (Å²) < 4.78 is 5.27. The van der Waals surface area contributed by atoms with Gasteiger partial charge in [-0.25, -0.2) is 0 Å². The van der Waals surface area contributed by atoms with Crippen molar-refractivity contribution in [2.24, 2.45) is 0 Å². The monoisotopic (exact) mass is 305 g/mol. The fourth-order valence-corrected chi connectivity index (χ4v) is 2.04. The summed E-state index contributed by atoms with van der Waals surface area (Å²) in [6, 6.07) is 5.68. The number of benzene rings is 1. The quantitative estimate of drug-likeness (QED) is 0.614. The van der Waals surface area contributed by atoms with Crippen LogP contribution in [0.1, 0.15) is 18.4 Å². The van der Waals surface area contributed by atoms with Crippen LogP contribution >= 0.6 is 27.5 Å². The summed E-state index contributed by atoms with van der Waals surface area (Å²) in [5.74, 6) is 0.886. The van der Waals surface area contributed by atoms with Crippen LogP contribution < -0.4 is 10.1 Å². The molecule has 0 unspecified atom stereocenters. The van der Waals surface area contributed by atoms with Crippen molar-refractivity contribution in [3.63, 3.8) is 0 Å². The molecule has 0 aliphatic heterocycles. The van der Waals surface area contributed by atoms with Gasteiger partial charge in [-0.2, -0.15) is 0 Å². The second-order valence-corrected chi connectivity index (χ2v) is 4.76. The molecular weight excluding hydrogens is 289 g/mol. The fourth-order valence-electron chi connectivity index (χ4n) is 1.45. The van der Waals surface area contributed by atoms with E-state index in [9.17, 15) is 0 Å². The Hall–Kier alpha value is -0.250. The van der Waals surface area contributed by atoms with E-state index in [-0.39, 0.29) is 0 Å². The molecule has 90 valence electrons. The smallest absolute Gasteiger partial charge is 0.123 e. The average molecular weight is 307 g/mol. The van der Waals surface area contributed by atoms with Crippen LogP contribution in [0.25, 0.3) is 0 Å². The van der Waals surface area contributed by atoms with Crippen molar-refractivity contribution in [1.82, 2.24) is 5.32 Å². The van der Waals surface area contributed by atoms with Crippen LogP contribution in [-0.2, 0) is 6.54 Å². The summed E-state index contributed by atoms with van der Waals surface area (Å²) >= 11 is 9.36. The molecule has 0 fully saturated rings. The predicted molar refractivity (Wildman–Crippen MR) is 72.7 cm³/mol. The van der Waals surface area contributed by atoms with Crippen molar-refractivity contribution < 1.29 is 4.74 Å². The lowest BCUT2D eigenvalue weighted by Crippen LogP contribution is -2.15. The molecule has 0 heterocycles. The molecule has 0 aliphatic rings. The minimum absolute atomic E-state index is 0.748. The lowest BCUT2D eigenvalue weighted by molar-refractivity contribution is 0.407. The van der Waals surface area contributed by atoms with E-state index in [1.165, 1.54) is 12.8 Å². The van der Waals surface area contributed by atoms with E-state index in [1.807, 2.05) is 18.2 Å². The maximum Gasteiger partial charge on any atom is 0.123 e. The molecule has 0 radical (unpaired) electrons. The standard InChI is InChI=1S/C12H17BrClNO/c1-16-12-5-4-11(14)8-10(12)9-15-7-3-2-6-13/h4-5,8,15H,2-3,6-7,9H2,1H3. The number of alkyl halides is 1. The summed E-state index contributed by atoms with van der Waals surface area (Å²) in [6.45, 7) is 1.81. The van der Waals surface area contributed by atoms with Gasteiger partial charge in [0.1, 0.15) is 5.75 Å². The molecule has 0 spiro atoms. The number of unbranched alkanes of at least 4 members (excludes halogenated alkanes) is 1. The Morgan fingerprint density at radius 1 is 1.38 bits per heavy atom. The van der Waals surface area contributed by atoms with Gasteiger partial charge >= 0.3 is 0 Å². The highest BCUT2D eigenvalue weighted by molar-refractivity contribution is 9.09. The van der Waals surface area contributed by atoms with Crippen molar-refractivity contribution in [3.8, 4) is 5.75 Å². The Morgan fingerprint density at radius 3 is 2.88 bits per heavy atom. The van der Waals surface area contributed by atoms with Crippen molar-refractivity contribution in [2.45, 2.75) is 19.4 Å². The van der Waals surface area contributed by atoms with E-state index in [4.69, 9.17) is 16.3 Å². The average Bonchev–Trinajstić information content (AvgIpc) is 2.29. The van der Waals surface area contributed by atoms with Gasteiger partial charge in [0.25, 0.3) is 0 Å². The maximum atomic E-state index is 5.95. The van der Waals surface area contributed by atoms with Crippen LogP contribution in [-0.4, -0.2) is 19.0 Å². The lowest BCUT2D eigenvalue weighted by Gasteiger charge is -2.09. The minimum Gasteiger partial charge on any atom is -0.496 e. The van der Waals surface area contributed by atoms with Crippen molar-refractivity contribution in [1.29, 1.82) is 0 Å². The molecule has 2 nitrogen and oxygen atoms in total. The van der Waals surface area contributed by atoms with E-state index >= 15 is 0 Å². The Bertz CT molecular complexity index is 320. The first kappa shape index (κ1) is 13.8. The number of hydrogen-bond donors (Lipinski definition) is 1. The van der Waals surface area contributed by atoms with Crippen LogP contribution in [0, 0.1) is 0 Å². The summed E-state index contributed by atoms with van der Waals surface area (Å²) in [4.78, 5) is 0. The fraction of sp³-hybridized carbons (Fsp3) is 0.500. The molecule has 0 bridgehead atoms. The van der Waals surface area contributed by atoms with Gasteiger partial charge in [-0.15, -0.1) is 0 Å². The Morgan fingerprint density at radius 2 is 2.19 bits per heavy atom. The van der Waals surface area contributed by atoms with Gasteiger partial charge < -0.3 is 10.1 Å². The van der Waals surface area contributed by atoms with Crippen LogP contribution in [0.3, 0.4) is 0 Å². The van der Waals surface area contributed by atoms with Gasteiger partial charge in [-0.1, -0.05) is 27.5 Å². The zero-order valence-corrected chi connectivity index (χ0v) is 11.8. The molecule has 0 aliphatic carbocycles. The van der Waals surface area contributed by atoms with E-state index < -0.39 is 0 Å². The van der Waals surface area contributed by atoms with Crippen molar-refractivity contribution in [3.05, 3.63) is 28.8 Å². The number of nitrogens with one attached hydrogen (secondary N) is 1. The van der Waals surface area contributed by atoms with Gasteiger partial charge in [0.2, 0.25) is 0 Å². The van der Waals surface area contributed by atoms with E-state index in [0.29, 0.717) is 0 Å². The SMILES string of the molecule is COc1ccc(Cl)cc1CNCCCCBr. The molecular formula is C12H17BrClNO. The van der Waals surface area contributed by atoms with Gasteiger partial charge in [-0.05, 0) is 37.6 Å². The Labute approximate surface area is 110 Å². The molecule has 4 heteroatoms. The largest absolute Gasteiger partial charge is 0.496 e. The van der Waals surface area contributed by atoms with Crippen LogP contribution in [0.2, 0.25) is 5.02 Å². The third-order valence-electron chi connectivity index (χ3n) is 2.30. The van der Waals surface area contributed by atoms with Gasteiger partial charge in [0.15, 0.2) is 0 Å². The maximum absolute atomic E-state index is 5.95. The summed E-state index contributed by atoms with van der Waals surface area (Å²) in [6.07, 6.45) is 2.37. The minimum atomic E-state index is 0.748. The molecule has 1 aromatic rings. The van der Waals surface area contributed by atoms with Crippen molar-refractivity contribution >= 4 is 27.5 Å². The second kappa shape index (κ2) is 7.93. The third-order valence-corrected chi connectivity index (χ3v) is 3.09. The number of ether oxygens (including phenoxy) is 1. The first-order chi connectivity index (χ1) is 7.77. The lowest BCUT2D eigenvalue weighted by atomic mass is 10.2. The Balaban J connectivity index is 2.42. The van der Waals surface area contributed by atoms with E-state index in [2.05, 4.69) is 21.2 Å². The zero-order chi connectivity index (χ0) is 11.8. The van der Waals surface area contributed by atoms with Crippen LogP contribution in [0.5, 0.6) is 5.75 Å². The van der Waals surface area contributed by atoms with E-state index in [0.717, 1.165) is 34.8 Å². The van der Waals surface area contributed by atoms with Gasteiger partial charge in [0, 0.05) is 22.5 Å². The molecule has 0 atom stereocenters. The second-order valence-electron chi connectivity index (χ2n) is 3.53. The topological polar surface area (TPSA) is 21.3 Å². The molecule has 1 aromatic carbocycles. The first-order valence-electron chi connectivity index (χ1n) is 5.37. The van der Waals surface area contributed by atoms with Gasteiger partial charge in [-0.3, -0.25) is 0 Å². The zero-order valence-electron chi connectivity index (χ0n) is 9.43. The van der Waals surface area contributed by atoms with E-state index in [1.54, 1.807) is 7.11 Å². The predicted octanol–water partition coefficient (Wildman–Crippen LogP) is 3.61. The number of methoxy groups -OCH3 is 1. The highest BCUT2D eigenvalue weighted by atomic mass is 79.9.